The summed E-state index contributed by atoms with van der Waals surface area (Å²) in [6, 6.07) is 6.87. The molecule has 3 N–H and O–H groups in total. The molecular weight excluding hydrogens is 330 g/mol. The molecule has 2 rings (SSSR count). The molecule has 6 heteroatoms. The molecule has 0 aliphatic carbocycles. The van der Waals surface area contributed by atoms with Crippen LogP contribution in [0.2, 0.25) is 5.02 Å². The van der Waals surface area contributed by atoms with Gasteiger partial charge >= 0.3 is 0 Å². The van der Waals surface area contributed by atoms with Crippen molar-refractivity contribution in [3.8, 4) is 0 Å². The van der Waals surface area contributed by atoms with Gasteiger partial charge in [0.25, 0.3) is 5.91 Å². The first kappa shape index (κ1) is 13.8. The molecule has 2 aromatic rings. The van der Waals surface area contributed by atoms with Crippen molar-refractivity contribution in [3.63, 3.8) is 0 Å². The minimum absolute atomic E-state index is 0.326. The number of rotatable bonds is 2. The number of anilines is 2. The lowest BCUT2D eigenvalue weighted by atomic mass is 10.2. The summed E-state index contributed by atoms with van der Waals surface area (Å²) in [5.74, 6) is -0.326. The molecule has 98 valence electrons. The number of hydrogen-bond acceptors (Lipinski definition) is 3. The van der Waals surface area contributed by atoms with E-state index in [-0.39, 0.29) is 5.91 Å². The van der Waals surface area contributed by atoms with Gasteiger partial charge in [-0.1, -0.05) is 17.7 Å². The third kappa shape index (κ3) is 3.05. The third-order valence-electron chi connectivity index (χ3n) is 2.52. The van der Waals surface area contributed by atoms with Crippen LogP contribution in [0.3, 0.4) is 0 Å². The van der Waals surface area contributed by atoms with Gasteiger partial charge in [0.2, 0.25) is 0 Å². The Bertz CT molecular complexity index is 646. The van der Waals surface area contributed by atoms with Crippen LogP contribution in [0.15, 0.2) is 34.9 Å². The number of pyridine rings is 1. The Morgan fingerprint density at radius 1 is 1.47 bits per heavy atom. The van der Waals surface area contributed by atoms with Crippen LogP contribution in [0.25, 0.3) is 0 Å². The zero-order valence-electron chi connectivity index (χ0n) is 10.1. The van der Waals surface area contributed by atoms with Crippen molar-refractivity contribution < 1.29 is 4.79 Å². The molecule has 4 nitrogen and oxygen atoms in total. The zero-order valence-corrected chi connectivity index (χ0v) is 12.4. The fourth-order valence-electron chi connectivity index (χ4n) is 1.56. The van der Waals surface area contributed by atoms with E-state index in [0.717, 1.165) is 5.69 Å². The van der Waals surface area contributed by atoms with Crippen LogP contribution in [-0.2, 0) is 0 Å². The molecule has 1 aromatic heterocycles. The van der Waals surface area contributed by atoms with Gasteiger partial charge in [-0.3, -0.25) is 9.78 Å². The average molecular weight is 341 g/mol. The lowest BCUT2D eigenvalue weighted by molar-refractivity contribution is 0.102. The summed E-state index contributed by atoms with van der Waals surface area (Å²) >= 11 is 9.28. The summed E-state index contributed by atoms with van der Waals surface area (Å²) in [5, 5.41) is 3.26. The molecule has 1 amide bonds. The molecule has 19 heavy (non-hydrogen) atoms. The molecular formula is C13H11BrClN3O. The van der Waals surface area contributed by atoms with Gasteiger partial charge in [-0.2, -0.15) is 0 Å². The Morgan fingerprint density at radius 3 is 2.89 bits per heavy atom. The van der Waals surface area contributed by atoms with Gasteiger partial charge in [0.05, 0.1) is 20.7 Å². The van der Waals surface area contributed by atoms with E-state index in [1.807, 2.05) is 6.92 Å². The highest BCUT2D eigenvalue weighted by molar-refractivity contribution is 9.10. The Labute approximate surface area is 124 Å². The van der Waals surface area contributed by atoms with E-state index in [9.17, 15) is 4.79 Å². The number of carbonyl (C=O) groups excluding carboxylic acids is 1. The molecule has 0 saturated heterocycles. The summed E-state index contributed by atoms with van der Waals surface area (Å²) in [4.78, 5) is 16.2. The molecule has 0 saturated carbocycles. The Morgan fingerprint density at radius 2 is 2.21 bits per heavy atom. The summed E-state index contributed by atoms with van der Waals surface area (Å²) in [6.45, 7) is 1.81. The molecule has 0 aliphatic rings. The standard InChI is InChI=1S/C13H11BrClN3O/c1-7-5-10(16)8(6-17-7)13(19)18-11-4-2-3-9(15)12(11)14/h2-6H,1H3,(H2,16,17)(H,18,19). The number of nitrogen functional groups attached to an aromatic ring is 1. The molecule has 0 aliphatic heterocycles. The Hall–Kier alpha value is -1.59. The van der Waals surface area contributed by atoms with E-state index in [4.69, 9.17) is 17.3 Å². The third-order valence-corrected chi connectivity index (χ3v) is 3.91. The van der Waals surface area contributed by atoms with Crippen LogP contribution in [0.5, 0.6) is 0 Å². The highest BCUT2D eigenvalue weighted by Crippen LogP contribution is 2.30. The van der Waals surface area contributed by atoms with E-state index in [2.05, 4.69) is 26.2 Å². The first-order valence-electron chi connectivity index (χ1n) is 5.46. The fraction of sp³-hybridized carbons (Fsp3) is 0.0769. The highest BCUT2D eigenvalue weighted by Gasteiger charge is 2.13. The Balaban J connectivity index is 2.28. The van der Waals surface area contributed by atoms with E-state index < -0.39 is 0 Å². The molecule has 1 heterocycles. The number of nitrogens with zero attached hydrogens (tertiary/aromatic N) is 1. The highest BCUT2D eigenvalue weighted by atomic mass is 79.9. The van der Waals surface area contributed by atoms with E-state index in [1.165, 1.54) is 6.20 Å². The van der Waals surface area contributed by atoms with Crippen molar-refractivity contribution in [1.29, 1.82) is 0 Å². The predicted octanol–water partition coefficient (Wildman–Crippen LogP) is 3.64. The lowest BCUT2D eigenvalue weighted by Crippen LogP contribution is -2.15. The van der Waals surface area contributed by atoms with Gasteiger partial charge in [0, 0.05) is 17.6 Å². The van der Waals surface area contributed by atoms with Crippen LogP contribution in [0.4, 0.5) is 11.4 Å². The van der Waals surface area contributed by atoms with Crippen molar-refractivity contribution in [2.24, 2.45) is 0 Å². The number of halogens is 2. The summed E-state index contributed by atoms with van der Waals surface area (Å²) < 4.78 is 0.628. The van der Waals surface area contributed by atoms with Crippen LogP contribution < -0.4 is 11.1 Å². The number of amides is 1. The lowest BCUT2D eigenvalue weighted by Gasteiger charge is -2.10. The maximum absolute atomic E-state index is 12.1. The maximum atomic E-state index is 12.1. The first-order valence-corrected chi connectivity index (χ1v) is 6.63. The van der Waals surface area contributed by atoms with Gasteiger partial charge in [0.15, 0.2) is 0 Å². The molecule has 0 radical (unpaired) electrons. The van der Waals surface area contributed by atoms with Gasteiger partial charge in [0.1, 0.15) is 0 Å². The molecule has 1 aromatic carbocycles. The largest absolute Gasteiger partial charge is 0.398 e. The van der Waals surface area contributed by atoms with E-state index in [0.29, 0.717) is 26.4 Å². The van der Waals surface area contributed by atoms with Crippen molar-refractivity contribution in [1.82, 2.24) is 4.98 Å². The van der Waals surface area contributed by atoms with Crippen LogP contribution in [0, 0.1) is 6.92 Å². The van der Waals surface area contributed by atoms with Crippen LogP contribution in [0.1, 0.15) is 16.1 Å². The quantitative estimate of drug-likeness (QED) is 0.877. The van der Waals surface area contributed by atoms with Crippen molar-refractivity contribution in [2.45, 2.75) is 6.92 Å². The second-order valence-electron chi connectivity index (χ2n) is 3.97. The maximum Gasteiger partial charge on any atom is 0.259 e. The van der Waals surface area contributed by atoms with Gasteiger partial charge in [-0.25, -0.2) is 0 Å². The summed E-state index contributed by atoms with van der Waals surface area (Å²) in [6.07, 6.45) is 1.46. The SMILES string of the molecule is Cc1cc(N)c(C(=O)Nc2cccc(Cl)c2Br)cn1. The first-order chi connectivity index (χ1) is 8.99. The summed E-state index contributed by atoms with van der Waals surface area (Å²) in [5.41, 5.74) is 7.87. The fourth-order valence-corrected chi connectivity index (χ4v) is 2.10. The van der Waals surface area contributed by atoms with Gasteiger partial charge in [-0.05, 0) is 41.1 Å². The van der Waals surface area contributed by atoms with Gasteiger partial charge in [-0.15, -0.1) is 0 Å². The minimum Gasteiger partial charge on any atom is -0.398 e. The van der Waals surface area contributed by atoms with E-state index in [1.54, 1.807) is 24.3 Å². The number of aromatic nitrogens is 1. The minimum atomic E-state index is -0.326. The topological polar surface area (TPSA) is 68.0 Å². The van der Waals surface area contributed by atoms with Crippen LogP contribution >= 0.6 is 27.5 Å². The predicted molar refractivity (Wildman–Crippen MR) is 80.5 cm³/mol. The number of benzene rings is 1. The van der Waals surface area contributed by atoms with Crippen molar-refractivity contribution in [3.05, 3.63) is 51.2 Å². The zero-order chi connectivity index (χ0) is 14.0. The summed E-state index contributed by atoms with van der Waals surface area (Å²) in [7, 11) is 0. The molecule has 0 unspecified atom stereocenters. The second kappa shape index (κ2) is 5.59. The monoisotopic (exact) mass is 339 g/mol. The smallest absolute Gasteiger partial charge is 0.259 e. The molecule has 0 bridgehead atoms. The van der Waals surface area contributed by atoms with Crippen molar-refractivity contribution in [2.75, 3.05) is 11.1 Å². The molecule has 0 spiro atoms. The average Bonchev–Trinajstić information content (AvgIpc) is 2.34. The number of nitrogens with one attached hydrogen (secondary N) is 1. The normalized spacial score (nSPS) is 10.3. The number of hydrogen-bond donors (Lipinski definition) is 2. The van der Waals surface area contributed by atoms with Crippen LogP contribution in [-0.4, -0.2) is 10.9 Å². The second-order valence-corrected chi connectivity index (χ2v) is 5.17. The Kier molecular flexibility index (Phi) is 4.07. The van der Waals surface area contributed by atoms with Gasteiger partial charge < -0.3 is 11.1 Å². The molecule has 0 atom stereocenters. The molecule has 0 fully saturated rings. The van der Waals surface area contributed by atoms with E-state index >= 15 is 0 Å². The van der Waals surface area contributed by atoms with Crippen molar-refractivity contribution >= 4 is 44.8 Å². The number of aryl methyl sites for hydroxylation is 1. The number of carbonyl (C=O) groups is 1. The number of nitrogens with two attached hydrogens (primary N) is 1.